The zero-order chi connectivity index (χ0) is 17.2. The van der Waals surface area contributed by atoms with Gasteiger partial charge in [0.1, 0.15) is 5.82 Å². The lowest BCUT2D eigenvalue weighted by Crippen LogP contribution is -2.38. The summed E-state index contributed by atoms with van der Waals surface area (Å²) in [6.07, 6.45) is 0.340. The zero-order valence-electron chi connectivity index (χ0n) is 14.6. The number of carbonyl (C=O) groups excluding carboxylic acids is 1. The Morgan fingerprint density at radius 1 is 1.39 bits per heavy atom. The van der Waals surface area contributed by atoms with E-state index in [1.54, 1.807) is 4.90 Å². The van der Waals surface area contributed by atoms with E-state index in [4.69, 9.17) is 5.26 Å². The number of nitriles is 1. The minimum atomic E-state index is -0.0413. The molecule has 0 aliphatic rings. The molecule has 1 aromatic heterocycles. The first-order valence-electron chi connectivity index (χ1n) is 7.82. The topological polar surface area (TPSA) is 61.9 Å². The first-order chi connectivity index (χ1) is 10.7. The Labute approximate surface area is 137 Å². The number of carbonyl (C=O) groups is 1. The van der Waals surface area contributed by atoms with E-state index >= 15 is 0 Å². The maximum absolute atomic E-state index is 12.8. The van der Waals surface area contributed by atoms with Crippen LogP contribution in [-0.2, 0) is 7.05 Å². The van der Waals surface area contributed by atoms with Crippen LogP contribution in [0.3, 0.4) is 0 Å². The van der Waals surface area contributed by atoms with E-state index < -0.39 is 0 Å². The lowest BCUT2D eigenvalue weighted by molar-refractivity contribution is 0.0700. The minimum Gasteiger partial charge on any atom is -0.337 e. The highest BCUT2D eigenvalue weighted by Crippen LogP contribution is 2.20. The number of imidazole rings is 1. The van der Waals surface area contributed by atoms with Crippen LogP contribution in [-0.4, -0.2) is 33.4 Å². The maximum Gasteiger partial charge on any atom is 0.253 e. The van der Waals surface area contributed by atoms with Gasteiger partial charge in [-0.3, -0.25) is 4.79 Å². The third kappa shape index (κ3) is 3.89. The van der Waals surface area contributed by atoms with Gasteiger partial charge in [-0.2, -0.15) is 5.26 Å². The second kappa shape index (κ2) is 6.41. The SMILES string of the molecule is Cc1nc2cc(C(=O)N(CCC#N)CC(C)(C)C)ccc2n1C. The molecule has 122 valence electrons. The molecule has 5 nitrogen and oxygen atoms in total. The van der Waals surface area contributed by atoms with Crippen LogP contribution in [0.4, 0.5) is 0 Å². The molecule has 2 aromatic rings. The molecule has 0 saturated heterocycles. The number of aryl methyl sites for hydroxylation is 2. The Morgan fingerprint density at radius 2 is 2.09 bits per heavy atom. The van der Waals surface area contributed by atoms with E-state index in [1.165, 1.54) is 0 Å². The van der Waals surface area contributed by atoms with E-state index in [0.29, 0.717) is 25.1 Å². The molecule has 0 fully saturated rings. The van der Waals surface area contributed by atoms with Crippen LogP contribution in [0.5, 0.6) is 0 Å². The van der Waals surface area contributed by atoms with Crippen molar-refractivity contribution in [2.24, 2.45) is 12.5 Å². The Balaban J connectivity index is 2.33. The Bertz CT molecular complexity index is 762. The number of amides is 1. The predicted molar refractivity (Wildman–Crippen MR) is 91.0 cm³/mol. The fourth-order valence-corrected chi connectivity index (χ4v) is 2.65. The van der Waals surface area contributed by atoms with Gasteiger partial charge in [0.15, 0.2) is 0 Å². The average Bonchev–Trinajstić information content (AvgIpc) is 2.76. The van der Waals surface area contributed by atoms with Gasteiger partial charge in [0.05, 0.1) is 23.5 Å². The number of hydrogen-bond donors (Lipinski definition) is 0. The van der Waals surface area contributed by atoms with Gasteiger partial charge in [-0.15, -0.1) is 0 Å². The number of benzene rings is 1. The second-order valence-electron chi connectivity index (χ2n) is 7.12. The van der Waals surface area contributed by atoms with Crippen molar-refractivity contribution in [1.29, 1.82) is 5.26 Å². The van der Waals surface area contributed by atoms with Crippen LogP contribution in [0.2, 0.25) is 0 Å². The Hall–Kier alpha value is -2.35. The summed E-state index contributed by atoms with van der Waals surface area (Å²) in [4.78, 5) is 19.1. The monoisotopic (exact) mass is 312 g/mol. The minimum absolute atomic E-state index is 0.0171. The van der Waals surface area contributed by atoms with Gasteiger partial charge >= 0.3 is 0 Å². The summed E-state index contributed by atoms with van der Waals surface area (Å²) in [7, 11) is 1.96. The van der Waals surface area contributed by atoms with Crippen LogP contribution in [0.25, 0.3) is 11.0 Å². The van der Waals surface area contributed by atoms with Crippen LogP contribution in [0, 0.1) is 23.7 Å². The fraction of sp³-hybridized carbons (Fsp3) is 0.500. The van der Waals surface area contributed by atoms with Gasteiger partial charge < -0.3 is 9.47 Å². The van der Waals surface area contributed by atoms with Crippen LogP contribution in [0.1, 0.15) is 43.4 Å². The summed E-state index contributed by atoms with van der Waals surface area (Å²) in [5.74, 6) is 0.876. The molecule has 0 spiro atoms. The van der Waals surface area contributed by atoms with E-state index in [1.807, 2.05) is 36.7 Å². The smallest absolute Gasteiger partial charge is 0.253 e. The van der Waals surface area contributed by atoms with E-state index in [9.17, 15) is 4.79 Å². The maximum atomic E-state index is 12.8. The fourth-order valence-electron chi connectivity index (χ4n) is 2.65. The van der Waals surface area contributed by atoms with Crippen LogP contribution >= 0.6 is 0 Å². The predicted octanol–water partition coefficient (Wildman–Crippen LogP) is 3.28. The summed E-state index contributed by atoms with van der Waals surface area (Å²) < 4.78 is 2.01. The van der Waals surface area contributed by atoms with Crippen molar-refractivity contribution in [3.05, 3.63) is 29.6 Å². The molecule has 0 bridgehead atoms. The molecular formula is C18H24N4O. The molecule has 23 heavy (non-hydrogen) atoms. The molecule has 0 saturated carbocycles. The third-order valence-electron chi connectivity index (χ3n) is 3.80. The first kappa shape index (κ1) is 17.0. The Morgan fingerprint density at radius 3 is 2.70 bits per heavy atom. The van der Waals surface area contributed by atoms with Gasteiger partial charge in [0.25, 0.3) is 5.91 Å². The van der Waals surface area contributed by atoms with Gasteiger partial charge in [-0.05, 0) is 30.5 Å². The molecule has 0 unspecified atom stereocenters. The average molecular weight is 312 g/mol. The highest BCUT2D eigenvalue weighted by atomic mass is 16.2. The van der Waals surface area contributed by atoms with Crippen molar-refractivity contribution in [3.8, 4) is 6.07 Å². The number of nitrogens with zero attached hydrogens (tertiary/aromatic N) is 4. The Kier molecular flexibility index (Phi) is 4.74. The van der Waals surface area contributed by atoms with Crippen molar-refractivity contribution in [1.82, 2.24) is 14.5 Å². The molecule has 0 N–H and O–H groups in total. The number of aromatic nitrogens is 2. The highest BCUT2D eigenvalue weighted by Gasteiger charge is 2.22. The number of fused-ring (bicyclic) bond motifs is 1. The molecule has 0 radical (unpaired) electrons. The third-order valence-corrected chi connectivity index (χ3v) is 3.80. The summed E-state index contributed by atoms with van der Waals surface area (Å²) in [6.45, 7) is 9.28. The lowest BCUT2D eigenvalue weighted by atomic mass is 9.95. The normalized spacial score (nSPS) is 11.5. The summed E-state index contributed by atoms with van der Waals surface area (Å²) >= 11 is 0. The molecule has 0 aliphatic heterocycles. The van der Waals surface area contributed by atoms with Gasteiger partial charge in [-0.1, -0.05) is 20.8 Å². The van der Waals surface area contributed by atoms with E-state index in [2.05, 4.69) is 31.8 Å². The van der Waals surface area contributed by atoms with Crippen molar-refractivity contribution < 1.29 is 4.79 Å². The summed E-state index contributed by atoms with van der Waals surface area (Å²) in [6, 6.07) is 7.73. The summed E-state index contributed by atoms with van der Waals surface area (Å²) in [5, 5.41) is 8.84. The molecule has 1 amide bonds. The first-order valence-corrected chi connectivity index (χ1v) is 7.82. The zero-order valence-corrected chi connectivity index (χ0v) is 14.6. The molecule has 0 aliphatic carbocycles. The lowest BCUT2D eigenvalue weighted by Gasteiger charge is -2.29. The molecular weight excluding hydrogens is 288 g/mol. The highest BCUT2D eigenvalue weighted by molar-refractivity contribution is 5.97. The van der Waals surface area contributed by atoms with Crippen molar-refractivity contribution in [3.63, 3.8) is 0 Å². The largest absolute Gasteiger partial charge is 0.337 e. The standard InChI is InChI=1S/C18H24N4O/c1-13-20-15-11-14(7-8-16(15)21(13)5)17(23)22(10-6-9-19)12-18(2,3)4/h7-8,11H,6,10,12H2,1-5H3. The van der Waals surface area contributed by atoms with E-state index in [-0.39, 0.29) is 11.3 Å². The molecule has 2 rings (SSSR count). The van der Waals surface area contributed by atoms with Gasteiger partial charge in [0.2, 0.25) is 0 Å². The van der Waals surface area contributed by atoms with Crippen molar-refractivity contribution in [2.45, 2.75) is 34.1 Å². The van der Waals surface area contributed by atoms with Gasteiger partial charge in [-0.25, -0.2) is 4.98 Å². The molecule has 5 heteroatoms. The molecule has 1 heterocycles. The van der Waals surface area contributed by atoms with Crippen LogP contribution < -0.4 is 0 Å². The van der Waals surface area contributed by atoms with Crippen LogP contribution in [0.15, 0.2) is 18.2 Å². The van der Waals surface area contributed by atoms with Gasteiger partial charge in [0, 0.05) is 25.7 Å². The summed E-state index contributed by atoms with van der Waals surface area (Å²) in [5.41, 5.74) is 2.44. The second-order valence-corrected chi connectivity index (χ2v) is 7.12. The van der Waals surface area contributed by atoms with Crippen molar-refractivity contribution >= 4 is 16.9 Å². The quantitative estimate of drug-likeness (QED) is 0.870. The number of hydrogen-bond acceptors (Lipinski definition) is 3. The van der Waals surface area contributed by atoms with Crippen molar-refractivity contribution in [2.75, 3.05) is 13.1 Å². The molecule has 1 aromatic carbocycles. The molecule has 0 atom stereocenters. The van der Waals surface area contributed by atoms with E-state index in [0.717, 1.165) is 16.9 Å². The number of rotatable bonds is 4.